The van der Waals surface area contributed by atoms with Crippen molar-refractivity contribution in [3.8, 4) is 6.07 Å². The number of nitrogens with one attached hydrogen (secondary N) is 1. The summed E-state index contributed by atoms with van der Waals surface area (Å²) in [6.07, 6.45) is 1.10. The molecule has 0 aromatic heterocycles. The number of hydrogen-bond donors (Lipinski definition) is 1. The van der Waals surface area contributed by atoms with Crippen LogP contribution in [0.15, 0.2) is 24.3 Å². The fourth-order valence-corrected chi connectivity index (χ4v) is 3.96. The molecule has 1 fully saturated rings. The molecular formula is C16H21N3O3S. The zero-order valence-electron chi connectivity index (χ0n) is 13.2. The Balaban J connectivity index is 1.87. The molecule has 1 saturated heterocycles. The van der Waals surface area contributed by atoms with Gasteiger partial charge in [0, 0.05) is 19.1 Å². The van der Waals surface area contributed by atoms with E-state index in [1.165, 1.54) is 0 Å². The number of benzene rings is 1. The zero-order valence-corrected chi connectivity index (χ0v) is 14.0. The maximum absolute atomic E-state index is 12.3. The topological polar surface area (TPSA) is 90.3 Å². The lowest BCUT2D eigenvalue weighted by molar-refractivity contribution is 0.183. The highest BCUT2D eigenvalue weighted by Crippen LogP contribution is 2.12. The molecule has 23 heavy (non-hydrogen) atoms. The van der Waals surface area contributed by atoms with E-state index in [0.717, 1.165) is 5.56 Å². The molecule has 1 aromatic carbocycles. The molecule has 1 aliphatic rings. The van der Waals surface area contributed by atoms with E-state index in [4.69, 9.17) is 5.26 Å². The summed E-state index contributed by atoms with van der Waals surface area (Å²) in [5, 5.41) is 11.7. The Labute approximate surface area is 137 Å². The van der Waals surface area contributed by atoms with Gasteiger partial charge in [0.05, 0.1) is 23.1 Å². The zero-order chi connectivity index (χ0) is 16.9. The third-order valence-corrected chi connectivity index (χ3v) is 5.69. The fraction of sp³-hybridized carbons (Fsp3) is 0.500. The monoisotopic (exact) mass is 335 g/mol. The molecule has 0 spiro atoms. The van der Waals surface area contributed by atoms with Crippen LogP contribution in [-0.4, -0.2) is 50.0 Å². The van der Waals surface area contributed by atoms with Crippen molar-refractivity contribution in [3.05, 3.63) is 35.4 Å². The summed E-state index contributed by atoms with van der Waals surface area (Å²) in [5.41, 5.74) is 1.58. The van der Waals surface area contributed by atoms with Crippen molar-refractivity contribution >= 4 is 15.9 Å². The van der Waals surface area contributed by atoms with Gasteiger partial charge in [-0.25, -0.2) is 13.2 Å². The molecule has 6 nitrogen and oxygen atoms in total. The van der Waals surface area contributed by atoms with E-state index in [9.17, 15) is 13.2 Å². The molecule has 2 amide bonds. The van der Waals surface area contributed by atoms with Crippen LogP contribution in [0.2, 0.25) is 0 Å². The minimum absolute atomic E-state index is 0.0228. The Hall–Kier alpha value is -2.07. The fourth-order valence-electron chi connectivity index (χ4n) is 2.58. The standard InChI is InChI=1S/C16H21N3O3S/c1-13-6-9-23(21,22)10-8-19(13)16(20)18-7-5-14-3-2-4-15(11-14)12-17/h2-4,11,13H,5-10H2,1H3,(H,18,20). The number of sulfone groups is 1. The van der Waals surface area contributed by atoms with Crippen LogP contribution in [0.1, 0.15) is 24.5 Å². The first-order chi connectivity index (χ1) is 10.9. The number of amides is 2. The second-order valence-electron chi connectivity index (χ2n) is 5.78. The summed E-state index contributed by atoms with van der Waals surface area (Å²) in [6.45, 7) is 2.56. The third kappa shape index (κ3) is 4.96. The van der Waals surface area contributed by atoms with Gasteiger partial charge in [-0.1, -0.05) is 12.1 Å². The van der Waals surface area contributed by atoms with Crippen molar-refractivity contribution in [3.63, 3.8) is 0 Å². The van der Waals surface area contributed by atoms with E-state index in [1.54, 1.807) is 17.0 Å². The smallest absolute Gasteiger partial charge is 0.317 e. The van der Waals surface area contributed by atoms with Crippen LogP contribution in [-0.2, 0) is 16.3 Å². The predicted octanol–water partition coefficient (Wildman–Crippen LogP) is 1.32. The Morgan fingerprint density at radius 1 is 1.43 bits per heavy atom. The first-order valence-corrected chi connectivity index (χ1v) is 9.47. The molecule has 0 aliphatic carbocycles. The quantitative estimate of drug-likeness (QED) is 0.902. The normalized spacial score (nSPS) is 20.3. The number of carbonyl (C=O) groups excluding carboxylic acids is 1. The highest BCUT2D eigenvalue weighted by Gasteiger charge is 2.27. The third-order valence-electron chi connectivity index (χ3n) is 4.03. The Bertz CT molecular complexity index is 710. The minimum atomic E-state index is -3.04. The van der Waals surface area contributed by atoms with Crippen LogP contribution in [0, 0.1) is 11.3 Å². The van der Waals surface area contributed by atoms with E-state index in [2.05, 4.69) is 11.4 Å². The Morgan fingerprint density at radius 3 is 2.96 bits per heavy atom. The number of nitriles is 1. The number of rotatable bonds is 3. The molecule has 0 saturated carbocycles. The molecule has 1 atom stereocenters. The SMILES string of the molecule is CC1CCS(=O)(=O)CCN1C(=O)NCCc1cccc(C#N)c1. The van der Waals surface area contributed by atoms with Gasteiger partial charge in [-0.15, -0.1) is 0 Å². The first kappa shape index (κ1) is 17.3. The molecule has 7 heteroatoms. The largest absolute Gasteiger partial charge is 0.338 e. The van der Waals surface area contributed by atoms with Gasteiger partial charge >= 0.3 is 6.03 Å². The highest BCUT2D eigenvalue weighted by molar-refractivity contribution is 7.91. The van der Waals surface area contributed by atoms with Gasteiger partial charge in [-0.2, -0.15) is 5.26 Å². The van der Waals surface area contributed by atoms with Crippen molar-refractivity contribution in [1.82, 2.24) is 10.2 Å². The molecule has 2 rings (SSSR count). The lowest BCUT2D eigenvalue weighted by Crippen LogP contribution is -2.46. The summed E-state index contributed by atoms with van der Waals surface area (Å²) >= 11 is 0. The maximum atomic E-state index is 12.3. The molecular weight excluding hydrogens is 314 g/mol. The average Bonchev–Trinajstić information content (AvgIpc) is 2.66. The maximum Gasteiger partial charge on any atom is 0.317 e. The number of urea groups is 1. The van der Waals surface area contributed by atoms with Crippen LogP contribution in [0.5, 0.6) is 0 Å². The second kappa shape index (κ2) is 7.47. The van der Waals surface area contributed by atoms with Crippen molar-refractivity contribution < 1.29 is 13.2 Å². The van der Waals surface area contributed by atoms with Crippen LogP contribution < -0.4 is 5.32 Å². The molecule has 1 aromatic rings. The minimum Gasteiger partial charge on any atom is -0.338 e. The van der Waals surface area contributed by atoms with Gasteiger partial charge in [0.1, 0.15) is 0 Å². The van der Waals surface area contributed by atoms with Crippen molar-refractivity contribution in [2.24, 2.45) is 0 Å². The van der Waals surface area contributed by atoms with E-state index in [1.807, 2.05) is 19.1 Å². The summed E-state index contributed by atoms with van der Waals surface area (Å²) < 4.78 is 23.3. The summed E-state index contributed by atoms with van der Waals surface area (Å²) in [6, 6.07) is 9.03. The van der Waals surface area contributed by atoms with Crippen LogP contribution in [0.3, 0.4) is 0 Å². The predicted molar refractivity (Wildman–Crippen MR) is 87.7 cm³/mol. The lowest BCUT2D eigenvalue weighted by atomic mass is 10.1. The van der Waals surface area contributed by atoms with Crippen molar-refractivity contribution in [1.29, 1.82) is 5.26 Å². The van der Waals surface area contributed by atoms with Gasteiger partial charge in [0.15, 0.2) is 9.84 Å². The first-order valence-electron chi connectivity index (χ1n) is 7.65. The second-order valence-corrected chi connectivity index (χ2v) is 8.08. The summed E-state index contributed by atoms with van der Waals surface area (Å²) in [5.74, 6) is 0.161. The molecule has 0 radical (unpaired) electrons. The van der Waals surface area contributed by atoms with Crippen LogP contribution in [0.25, 0.3) is 0 Å². The van der Waals surface area contributed by atoms with E-state index < -0.39 is 9.84 Å². The molecule has 1 unspecified atom stereocenters. The van der Waals surface area contributed by atoms with E-state index in [-0.39, 0.29) is 30.1 Å². The molecule has 1 heterocycles. The van der Waals surface area contributed by atoms with E-state index >= 15 is 0 Å². The van der Waals surface area contributed by atoms with Gasteiger partial charge in [0.25, 0.3) is 0 Å². The van der Waals surface area contributed by atoms with Crippen molar-refractivity contribution in [2.45, 2.75) is 25.8 Å². The molecule has 1 N–H and O–H groups in total. The van der Waals surface area contributed by atoms with Gasteiger partial charge in [-0.05, 0) is 37.5 Å². The molecule has 1 aliphatic heterocycles. The van der Waals surface area contributed by atoms with Gasteiger partial charge in [0.2, 0.25) is 0 Å². The number of hydrogen-bond acceptors (Lipinski definition) is 4. The summed E-state index contributed by atoms with van der Waals surface area (Å²) in [7, 11) is -3.04. The lowest BCUT2D eigenvalue weighted by Gasteiger charge is -2.26. The highest BCUT2D eigenvalue weighted by atomic mass is 32.2. The average molecular weight is 335 g/mol. The van der Waals surface area contributed by atoms with Gasteiger partial charge in [-0.3, -0.25) is 0 Å². The molecule has 0 bridgehead atoms. The number of nitrogens with zero attached hydrogens (tertiary/aromatic N) is 2. The van der Waals surface area contributed by atoms with Gasteiger partial charge < -0.3 is 10.2 Å². The number of carbonyl (C=O) groups is 1. The Kier molecular flexibility index (Phi) is 5.61. The van der Waals surface area contributed by atoms with Crippen LogP contribution >= 0.6 is 0 Å². The molecule has 124 valence electrons. The van der Waals surface area contributed by atoms with Crippen molar-refractivity contribution in [2.75, 3.05) is 24.6 Å². The summed E-state index contributed by atoms with van der Waals surface area (Å²) in [4.78, 5) is 13.8. The van der Waals surface area contributed by atoms with Crippen LogP contribution in [0.4, 0.5) is 4.79 Å². The van der Waals surface area contributed by atoms with E-state index in [0.29, 0.717) is 24.9 Å². The Morgan fingerprint density at radius 2 is 2.22 bits per heavy atom.